The number of aliphatic hydroxyl groups is 1. The smallest absolute Gasteiger partial charge is 0.254 e. The summed E-state index contributed by atoms with van der Waals surface area (Å²) in [6.45, 7) is 8.94. The molecule has 0 fully saturated rings. The van der Waals surface area contributed by atoms with E-state index in [1.807, 2.05) is 11.6 Å². The van der Waals surface area contributed by atoms with Crippen molar-refractivity contribution < 1.29 is 9.90 Å². The molecule has 0 saturated heterocycles. The number of carbonyl (C=O) groups excluding carboxylic acids is 1. The minimum Gasteiger partial charge on any atom is -0.392 e. The van der Waals surface area contributed by atoms with Gasteiger partial charge in [-0.1, -0.05) is 13.8 Å². The molecule has 0 aromatic carbocycles. The number of aliphatic hydroxyl groups excluding tert-OH is 1. The highest BCUT2D eigenvalue weighted by atomic mass is 16.3. The zero-order valence-electron chi connectivity index (χ0n) is 11.6. The first kappa shape index (κ1) is 14.7. The number of nitrogens with zero attached hydrogens (tertiary/aromatic N) is 2. The summed E-state index contributed by atoms with van der Waals surface area (Å²) in [5.74, 6) is 0.435. The monoisotopic (exact) mass is 253 g/mol. The molecule has 1 aromatic heterocycles. The Morgan fingerprint density at radius 2 is 2.17 bits per heavy atom. The summed E-state index contributed by atoms with van der Waals surface area (Å²) in [6.07, 6.45) is 2.09. The maximum Gasteiger partial charge on any atom is 0.254 e. The maximum atomic E-state index is 11.8. The molecule has 0 spiro atoms. The first-order valence-corrected chi connectivity index (χ1v) is 6.40. The molecule has 0 aliphatic heterocycles. The molecule has 0 radical (unpaired) electrons. The van der Waals surface area contributed by atoms with Gasteiger partial charge in [-0.25, -0.2) is 0 Å². The van der Waals surface area contributed by atoms with Crippen LogP contribution in [-0.4, -0.2) is 33.4 Å². The van der Waals surface area contributed by atoms with Gasteiger partial charge in [0.2, 0.25) is 0 Å². The van der Waals surface area contributed by atoms with Gasteiger partial charge < -0.3 is 10.4 Å². The number of aryl methyl sites for hydroxylation is 1. The molecule has 1 unspecified atom stereocenters. The van der Waals surface area contributed by atoms with Crippen LogP contribution in [0.3, 0.4) is 0 Å². The van der Waals surface area contributed by atoms with Crippen LogP contribution in [0, 0.1) is 12.8 Å². The highest BCUT2D eigenvalue weighted by molar-refractivity contribution is 5.95. The lowest BCUT2D eigenvalue weighted by atomic mass is 10.1. The first-order chi connectivity index (χ1) is 8.41. The van der Waals surface area contributed by atoms with Gasteiger partial charge in [0.25, 0.3) is 5.91 Å². The summed E-state index contributed by atoms with van der Waals surface area (Å²) in [4.78, 5) is 11.8. The molecule has 2 N–H and O–H groups in total. The number of amides is 1. The van der Waals surface area contributed by atoms with Crippen LogP contribution in [-0.2, 0) is 6.54 Å². The Morgan fingerprint density at radius 3 is 2.72 bits per heavy atom. The molecule has 1 heterocycles. The van der Waals surface area contributed by atoms with Crippen LogP contribution in [0.15, 0.2) is 6.20 Å². The maximum absolute atomic E-state index is 11.8. The van der Waals surface area contributed by atoms with Gasteiger partial charge in [0.15, 0.2) is 0 Å². The van der Waals surface area contributed by atoms with Crippen molar-refractivity contribution in [3.05, 3.63) is 17.5 Å². The van der Waals surface area contributed by atoms with Gasteiger partial charge in [-0.3, -0.25) is 9.48 Å². The lowest BCUT2D eigenvalue weighted by Gasteiger charge is -2.08. The number of rotatable bonds is 6. The molecular formula is C13H23N3O2. The Morgan fingerprint density at radius 1 is 1.50 bits per heavy atom. The fourth-order valence-corrected chi connectivity index (χ4v) is 1.61. The standard InChI is InChI=1S/C13H23N3O2/c1-9(2)5-6-16-11(4)12(8-15-16)13(18)14-7-10(3)17/h8-10,17H,5-7H2,1-4H3,(H,14,18). The minimum absolute atomic E-state index is 0.177. The van der Waals surface area contributed by atoms with Crippen LogP contribution >= 0.6 is 0 Å². The molecule has 1 atom stereocenters. The third-order valence-electron chi connectivity index (χ3n) is 2.82. The number of aromatic nitrogens is 2. The number of hydrogen-bond acceptors (Lipinski definition) is 3. The van der Waals surface area contributed by atoms with Crippen molar-refractivity contribution in [1.29, 1.82) is 0 Å². The Bertz CT molecular complexity index is 397. The fraction of sp³-hybridized carbons (Fsp3) is 0.692. The molecule has 1 rings (SSSR count). The summed E-state index contributed by atoms with van der Waals surface area (Å²) in [5, 5.41) is 16.0. The summed E-state index contributed by atoms with van der Waals surface area (Å²) in [5.41, 5.74) is 1.46. The second-order valence-corrected chi connectivity index (χ2v) is 5.11. The Hall–Kier alpha value is -1.36. The molecule has 5 nitrogen and oxygen atoms in total. The minimum atomic E-state index is -0.537. The SMILES string of the molecule is Cc1c(C(=O)NCC(C)O)cnn1CCC(C)C. The van der Waals surface area contributed by atoms with E-state index in [2.05, 4.69) is 24.3 Å². The summed E-state index contributed by atoms with van der Waals surface area (Å²) >= 11 is 0. The lowest BCUT2D eigenvalue weighted by Crippen LogP contribution is -2.30. The second-order valence-electron chi connectivity index (χ2n) is 5.11. The highest BCUT2D eigenvalue weighted by Gasteiger charge is 2.14. The van der Waals surface area contributed by atoms with Crippen molar-refractivity contribution in [3.8, 4) is 0 Å². The average Bonchev–Trinajstić information content (AvgIpc) is 2.65. The summed E-state index contributed by atoms with van der Waals surface area (Å²) < 4.78 is 1.86. The van der Waals surface area contributed by atoms with E-state index in [4.69, 9.17) is 5.11 Å². The van der Waals surface area contributed by atoms with Gasteiger partial charge >= 0.3 is 0 Å². The van der Waals surface area contributed by atoms with E-state index < -0.39 is 6.10 Å². The topological polar surface area (TPSA) is 67.2 Å². The Kier molecular flexibility index (Phi) is 5.34. The number of carbonyl (C=O) groups is 1. The molecule has 18 heavy (non-hydrogen) atoms. The van der Waals surface area contributed by atoms with Crippen LogP contribution in [0.5, 0.6) is 0 Å². The van der Waals surface area contributed by atoms with Crippen LogP contribution < -0.4 is 5.32 Å². The lowest BCUT2D eigenvalue weighted by molar-refractivity contribution is 0.0923. The van der Waals surface area contributed by atoms with Crippen LogP contribution in [0.25, 0.3) is 0 Å². The third kappa shape index (κ3) is 4.14. The molecular weight excluding hydrogens is 230 g/mol. The summed E-state index contributed by atoms with van der Waals surface area (Å²) in [6, 6.07) is 0. The van der Waals surface area contributed by atoms with Gasteiger partial charge in [-0.15, -0.1) is 0 Å². The van der Waals surface area contributed by atoms with E-state index in [1.54, 1.807) is 13.1 Å². The molecule has 0 saturated carbocycles. The molecule has 5 heteroatoms. The predicted octanol–water partition coefficient (Wildman–Crippen LogP) is 1.35. The quantitative estimate of drug-likeness (QED) is 0.804. The van der Waals surface area contributed by atoms with E-state index in [0.717, 1.165) is 18.7 Å². The summed E-state index contributed by atoms with van der Waals surface area (Å²) in [7, 11) is 0. The van der Waals surface area contributed by atoms with Crippen LogP contribution in [0.1, 0.15) is 43.2 Å². The van der Waals surface area contributed by atoms with Crippen molar-refractivity contribution in [2.24, 2.45) is 5.92 Å². The molecule has 1 amide bonds. The Balaban J connectivity index is 2.64. The average molecular weight is 253 g/mol. The van der Waals surface area contributed by atoms with E-state index in [0.29, 0.717) is 11.5 Å². The Labute approximate surface area is 108 Å². The molecule has 0 bridgehead atoms. The fourth-order valence-electron chi connectivity index (χ4n) is 1.61. The van der Waals surface area contributed by atoms with Gasteiger partial charge in [0.1, 0.15) is 0 Å². The zero-order chi connectivity index (χ0) is 13.7. The van der Waals surface area contributed by atoms with Crippen molar-refractivity contribution >= 4 is 5.91 Å². The van der Waals surface area contributed by atoms with Gasteiger partial charge in [-0.05, 0) is 26.2 Å². The van der Waals surface area contributed by atoms with Crippen molar-refractivity contribution in [3.63, 3.8) is 0 Å². The molecule has 0 aliphatic carbocycles. The van der Waals surface area contributed by atoms with Crippen molar-refractivity contribution in [1.82, 2.24) is 15.1 Å². The van der Waals surface area contributed by atoms with E-state index in [-0.39, 0.29) is 12.5 Å². The highest BCUT2D eigenvalue weighted by Crippen LogP contribution is 2.10. The van der Waals surface area contributed by atoms with Crippen LogP contribution in [0.2, 0.25) is 0 Å². The van der Waals surface area contributed by atoms with Crippen molar-refractivity contribution in [2.45, 2.75) is 46.8 Å². The van der Waals surface area contributed by atoms with Gasteiger partial charge in [-0.2, -0.15) is 5.10 Å². The number of nitrogens with one attached hydrogen (secondary N) is 1. The third-order valence-corrected chi connectivity index (χ3v) is 2.82. The second kappa shape index (κ2) is 6.54. The van der Waals surface area contributed by atoms with Crippen LogP contribution in [0.4, 0.5) is 0 Å². The zero-order valence-corrected chi connectivity index (χ0v) is 11.6. The number of hydrogen-bond donors (Lipinski definition) is 2. The molecule has 1 aromatic rings. The van der Waals surface area contributed by atoms with Gasteiger partial charge in [0, 0.05) is 18.8 Å². The van der Waals surface area contributed by atoms with Gasteiger partial charge in [0.05, 0.1) is 17.9 Å². The largest absolute Gasteiger partial charge is 0.392 e. The first-order valence-electron chi connectivity index (χ1n) is 6.40. The van der Waals surface area contributed by atoms with Crippen molar-refractivity contribution in [2.75, 3.05) is 6.54 Å². The normalized spacial score (nSPS) is 12.8. The van der Waals surface area contributed by atoms with E-state index >= 15 is 0 Å². The van der Waals surface area contributed by atoms with E-state index in [9.17, 15) is 4.79 Å². The van der Waals surface area contributed by atoms with E-state index in [1.165, 1.54) is 0 Å². The molecule has 0 aliphatic rings. The predicted molar refractivity (Wildman–Crippen MR) is 70.4 cm³/mol. The molecule has 102 valence electrons.